The standard InChI is InChI=1S/C23H20N2O3/c1-16-8-2-3-9-17(16)15-28-21-13-7-4-10-18(21)23-24-19-11-5-6-12-20(19)25(23)14-22(26)27/h2-13H,14-15H2,1H3,(H,26,27). The molecule has 0 spiro atoms. The number of hydrogen-bond donors (Lipinski definition) is 1. The van der Waals surface area contributed by atoms with Crippen LogP contribution in [0.5, 0.6) is 5.75 Å². The molecule has 0 saturated carbocycles. The lowest BCUT2D eigenvalue weighted by atomic mass is 10.1. The number of imidazole rings is 1. The molecule has 0 radical (unpaired) electrons. The van der Waals surface area contributed by atoms with Crippen molar-refractivity contribution in [1.82, 2.24) is 9.55 Å². The molecule has 3 aromatic carbocycles. The zero-order valence-electron chi connectivity index (χ0n) is 15.5. The highest BCUT2D eigenvalue weighted by molar-refractivity contribution is 5.84. The molecule has 0 saturated heterocycles. The van der Waals surface area contributed by atoms with Gasteiger partial charge in [-0.25, -0.2) is 4.98 Å². The van der Waals surface area contributed by atoms with Crippen LogP contribution in [-0.4, -0.2) is 20.6 Å². The van der Waals surface area contributed by atoms with Gasteiger partial charge < -0.3 is 14.4 Å². The molecule has 28 heavy (non-hydrogen) atoms. The van der Waals surface area contributed by atoms with Crippen LogP contribution in [0.2, 0.25) is 0 Å². The zero-order valence-corrected chi connectivity index (χ0v) is 15.5. The summed E-state index contributed by atoms with van der Waals surface area (Å²) in [4.78, 5) is 16.1. The lowest BCUT2D eigenvalue weighted by Crippen LogP contribution is -2.10. The third-order valence-corrected chi connectivity index (χ3v) is 4.72. The Morgan fingerprint density at radius 1 is 1.00 bits per heavy atom. The summed E-state index contributed by atoms with van der Waals surface area (Å²) in [5.74, 6) is 0.347. The third-order valence-electron chi connectivity index (χ3n) is 4.72. The first-order chi connectivity index (χ1) is 13.6. The van der Waals surface area contributed by atoms with Crippen LogP contribution in [-0.2, 0) is 17.9 Å². The maximum atomic E-state index is 11.4. The number of aliphatic carboxylic acids is 1. The van der Waals surface area contributed by atoms with Crippen molar-refractivity contribution in [3.63, 3.8) is 0 Å². The van der Waals surface area contributed by atoms with Gasteiger partial charge in [0, 0.05) is 0 Å². The number of fused-ring (bicyclic) bond motifs is 1. The van der Waals surface area contributed by atoms with Gasteiger partial charge in [0.05, 0.1) is 16.6 Å². The van der Waals surface area contributed by atoms with Crippen LogP contribution in [0.4, 0.5) is 0 Å². The van der Waals surface area contributed by atoms with E-state index in [0.29, 0.717) is 18.2 Å². The monoisotopic (exact) mass is 372 g/mol. The first-order valence-corrected chi connectivity index (χ1v) is 9.07. The summed E-state index contributed by atoms with van der Waals surface area (Å²) in [6.45, 7) is 2.32. The normalized spacial score (nSPS) is 10.9. The van der Waals surface area contributed by atoms with Gasteiger partial charge in [0.15, 0.2) is 0 Å². The van der Waals surface area contributed by atoms with Gasteiger partial charge in [-0.2, -0.15) is 0 Å². The predicted octanol–water partition coefficient (Wildman–Crippen LogP) is 4.68. The molecule has 0 aliphatic carbocycles. The van der Waals surface area contributed by atoms with Crippen LogP contribution in [0.3, 0.4) is 0 Å². The molecule has 0 aliphatic heterocycles. The summed E-state index contributed by atoms with van der Waals surface area (Å²) in [6.07, 6.45) is 0. The molecule has 0 fully saturated rings. The van der Waals surface area contributed by atoms with Crippen molar-refractivity contribution in [2.45, 2.75) is 20.1 Å². The second-order valence-electron chi connectivity index (χ2n) is 6.62. The van der Waals surface area contributed by atoms with E-state index in [1.54, 1.807) is 4.57 Å². The minimum atomic E-state index is -0.914. The second kappa shape index (κ2) is 7.56. The lowest BCUT2D eigenvalue weighted by molar-refractivity contribution is -0.137. The molecule has 0 unspecified atom stereocenters. The first-order valence-electron chi connectivity index (χ1n) is 9.07. The molecular formula is C23H20N2O3. The van der Waals surface area contributed by atoms with Crippen LogP contribution in [0.15, 0.2) is 72.8 Å². The molecule has 4 aromatic rings. The number of para-hydroxylation sites is 3. The van der Waals surface area contributed by atoms with Gasteiger partial charge in [-0.15, -0.1) is 0 Å². The summed E-state index contributed by atoms with van der Waals surface area (Å²) in [7, 11) is 0. The quantitative estimate of drug-likeness (QED) is 0.534. The smallest absolute Gasteiger partial charge is 0.323 e. The Bertz CT molecular complexity index is 1150. The minimum Gasteiger partial charge on any atom is -0.488 e. The van der Waals surface area contributed by atoms with E-state index in [4.69, 9.17) is 4.74 Å². The SMILES string of the molecule is Cc1ccccc1COc1ccccc1-c1nc2ccccc2n1CC(=O)O. The maximum Gasteiger partial charge on any atom is 0.323 e. The lowest BCUT2D eigenvalue weighted by Gasteiger charge is -2.13. The van der Waals surface area contributed by atoms with Crippen LogP contribution in [0.25, 0.3) is 22.4 Å². The van der Waals surface area contributed by atoms with Gasteiger partial charge in [0.2, 0.25) is 0 Å². The van der Waals surface area contributed by atoms with E-state index < -0.39 is 5.97 Å². The highest BCUT2D eigenvalue weighted by Crippen LogP contribution is 2.32. The number of benzene rings is 3. The Hall–Kier alpha value is -3.60. The van der Waals surface area contributed by atoms with Crippen molar-refractivity contribution in [2.75, 3.05) is 0 Å². The Morgan fingerprint density at radius 2 is 1.71 bits per heavy atom. The van der Waals surface area contributed by atoms with E-state index >= 15 is 0 Å². The summed E-state index contributed by atoms with van der Waals surface area (Å²) in [5, 5.41) is 9.39. The first kappa shape index (κ1) is 17.8. The number of nitrogens with zero attached hydrogens (tertiary/aromatic N) is 2. The summed E-state index contributed by atoms with van der Waals surface area (Å²) in [5.41, 5.74) is 4.59. The molecule has 0 bridgehead atoms. The molecule has 1 heterocycles. The Morgan fingerprint density at radius 3 is 2.54 bits per heavy atom. The Labute approximate surface area is 162 Å². The topological polar surface area (TPSA) is 64.4 Å². The Balaban J connectivity index is 1.76. The van der Waals surface area contributed by atoms with Crippen LogP contribution >= 0.6 is 0 Å². The average molecular weight is 372 g/mol. The third kappa shape index (κ3) is 3.47. The number of carbonyl (C=O) groups is 1. The molecule has 0 atom stereocenters. The maximum absolute atomic E-state index is 11.4. The van der Waals surface area contributed by atoms with Gasteiger partial charge in [0.1, 0.15) is 24.7 Å². The fourth-order valence-corrected chi connectivity index (χ4v) is 3.28. The molecular weight excluding hydrogens is 352 g/mol. The van der Waals surface area contributed by atoms with Gasteiger partial charge in [0.25, 0.3) is 0 Å². The molecule has 5 nitrogen and oxygen atoms in total. The number of aryl methyl sites for hydroxylation is 1. The van der Waals surface area contributed by atoms with Crippen LogP contribution in [0.1, 0.15) is 11.1 Å². The summed E-state index contributed by atoms with van der Waals surface area (Å²) >= 11 is 0. The van der Waals surface area contributed by atoms with Crippen molar-refractivity contribution in [3.05, 3.63) is 83.9 Å². The predicted molar refractivity (Wildman–Crippen MR) is 108 cm³/mol. The van der Waals surface area contributed by atoms with Crippen molar-refractivity contribution in [3.8, 4) is 17.1 Å². The second-order valence-corrected chi connectivity index (χ2v) is 6.62. The van der Waals surface area contributed by atoms with Gasteiger partial charge >= 0.3 is 5.97 Å². The molecule has 0 aliphatic rings. The van der Waals surface area contributed by atoms with Gasteiger partial charge in [-0.05, 0) is 42.3 Å². The fraction of sp³-hybridized carbons (Fsp3) is 0.130. The number of carboxylic acid groups (broad SMARTS) is 1. The van der Waals surface area contributed by atoms with Crippen molar-refractivity contribution in [2.24, 2.45) is 0 Å². The van der Waals surface area contributed by atoms with Gasteiger partial charge in [-0.1, -0.05) is 48.5 Å². The van der Waals surface area contributed by atoms with Crippen LogP contribution in [0, 0.1) is 6.92 Å². The van der Waals surface area contributed by atoms with Crippen molar-refractivity contribution >= 4 is 17.0 Å². The molecule has 5 heteroatoms. The van der Waals surface area contributed by atoms with Crippen molar-refractivity contribution in [1.29, 1.82) is 0 Å². The fourth-order valence-electron chi connectivity index (χ4n) is 3.28. The zero-order chi connectivity index (χ0) is 19.5. The number of carboxylic acids is 1. The molecule has 1 aromatic heterocycles. The van der Waals surface area contributed by atoms with E-state index in [1.807, 2.05) is 66.7 Å². The summed E-state index contributed by atoms with van der Waals surface area (Å²) < 4.78 is 7.83. The van der Waals surface area contributed by atoms with E-state index in [-0.39, 0.29) is 6.54 Å². The highest BCUT2D eigenvalue weighted by Gasteiger charge is 2.18. The number of aromatic nitrogens is 2. The van der Waals surface area contributed by atoms with Crippen LogP contribution < -0.4 is 4.74 Å². The molecule has 4 rings (SSSR count). The molecule has 140 valence electrons. The molecule has 1 N–H and O–H groups in total. The number of hydrogen-bond acceptors (Lipinski definition) is 3. The minimum absolute atomic E-state index is 0.165. The number of ether oxygens (including phenoxy) is 1. The van der Waals surface area contributed by atoms with Crippen molar-refractivity contribution < 1.29 is 14.6 Å². The van der Waals surface area contributed by atoms with Gasteiger partial charge in [-0.3, -0.25) is 4.79 Å². The highest BCUT2D eigenvalue weighted by atomic mass is 16.5. The Kier molecular flexibility index (Phi) is 4.81. The van der Waals surface area contributed by atoms with E-state index in [9.17, 15) is 9.90 Å². The van der Waals surface area contributed by atoms with E-state index in [2.05, 4.69) is 18.0 Å². The molecule has 0 amide bonds. The largest absolute Gasteiger partial charge is 0.488 e. The van der Waals surface area contributed by atoms with E-state index in [1.165, 1.54) is 0 Å². The summed E-state index contributed by atoms with van der Waals surface area (Å²) in [6, 6.07) is 23.2. The van der Waals surface area contributed by atoms with E-state index in [0.717, 1.165) is 27.7 Å². The average Bonchev–Trinajstić information content (AvgIpc) is 3.05. The number of rotatable bonds is 6.